The van der Waals surface area contributed by atoms with Gasteiger partial charge in [0, 0.05) is 18.9 Å². The zero-order chi connectivity index (χ0) is 22.3. The summed E-state index contributed by atoms with van der Waals surface area (Å²) >= 11 is 0. The third-order valence-electron chi connectivity index (χ3n) is 5.36. The molecule has 3 N–H and O–H groups in total. The third-order valence-corrected chi connectivity index (χ3v) is 5.36. The zero-order valence-corrected chi connectivity index (χ0v) is 17.3. The number of benzene rings is 3. The Hall–Kier alpha value is -2.80. The highest BCUT2D eigenvalue weighted by Gasteiger charge is 2.34. The number of Topliss-reactive ketones (excluding diaryl/α,β-unsaturated/α-hetero) is 1. The summed E-state index contributed by atoms with van der Waals surface area (Å²) in [5.41, 5.74) is 0.293. The summed E-state index contributed by atoms with van der Waals surface area (Å²) in [6.07, 6.45) is 1.28. The van der Waals surface area contributed by atoms with Crippen molar-refractivity contribution in [3.8, 4) is 5.75 Å². The van der Waals surface area contributed by atoms with Gasteiger partial charge in [-0.3, -0.25) is 4.79 Å². The Labute approximate surface area is 180 Å². The standard InChI is InChI=1S/C23H21FO3.C2H6O2/c24-20-12-19(23(26)9-7-21(25)8-10-23)13-22(14-20)27-15-16-5-6-17-3-1-2-4-18(17)11-16;3-1-2-4/h1-6,11-14,26H,7-10,15H2;3-4H,1-2H2. The summed E-state index contributed by atoms with van der Waals surface area (Å²) < 4.78 is 19.9. The second kappa shape index (κ2) is 10.5. The highest BCUT2D eigenvalue weighted by molar-refractivity contribution is 5.83. The normalized spacial score (nSPS) is 15.3. The van der Waals surface area contributed by atoms with Crippen LogP contribution in [-0.4, -0.2) is 34.3 Å². The molecule has 0 heterocycles. The molecule has 1 fully saturated rings. The van der Waals surface area contributed by atoms with Gasteiger partial charge in [-0.25, -0.2) is 4.39 Å². The second-order valence-corrected chi connectivity index (χ2v) is 7.66. The molecule has 4 rings (SSSR count). The van der Waals surface area contributed by atoms with Crippen LogP contribution in [0.2, 0.25) is 0 Å². The predicted molar refractivity (Wildman–Crippen MR) is 116 cm³/mol. The summed E-state index contributed by atoms with van der Waals surface area (Å²) in [7, 11) is 0. The van der Waals surface area contributed by atoms with Crippen molar-refractivity contribution in [1.82, 2.24) is 0 Å². The molecular weight excluding hydrogens is 399 g/mol. The van der Waals surface area contributed by atoms with E-state index >= 15 is 0 Å². The lowest BCUT2D eigenvalue weighted by molar-refractivity contribution is -0.125. The lowest BCUT2D eigenvalue weighted by Crippen LogP contribution is -2.31. The largest absolute Gasteiger partial charge is 0.489 e. The molecular formula is C25H27FO5. The van der Waals surface area contributed by atoms with Crippen molar-refractivity contribution in [3.05, 3.63) is 77.6 Å². The van der Waals surface area contributed by atoms with E-state index in [9.17, 15) is 14.3 Å². The molecule has 1 aliphatic carbocycles. The van der Waals surface area contributed by atoms with Crippen molar-refractivity contribution in [2.24, 2.45) is 0 Å². The number of hydrogen-bond donors (Lipinski definition) is 3. The van der Waals surface area contributed by atoms with Crippen LogP contribution in [0.25, 0.3) is 10.8 Å². The molecule has 6 heteroatoms. The van der Waals surface area contributed by atoms with Crippen LogP contribution in [-0.2, 0) is 17.0 Å². The van der Waals surface area contributed by atoms with E-state index in [0.717, 1.165) is 16.3 Å². The number of ketones is 1. The van der Waals surface area contributed by atoms with Gasteiger partial charge in [0.15, 0.2) is 0 Å². The Morgan fingerprint density at radius 1 is 0.903 bits per heavy atom. The molecule has 0 amide bonds. The molecule has 5 nitrogen and oxygen atoms in total. The van der Waals surface area contributed by atoms with Crippen molar-refractivity contribution in [2.75, 3.05) is 13.2 Å². The first-order chi connectivity index (χ1) is 14.9. The van der Waals surface area contributed by atoms with E-state index in [4.69, 9.17) is 14.9 Å². The minimum absolute atomic E-state index is 0.125. The molecule has 0 aliphatic heterocycles. The lowest BCUT2D eigenvalue weighted by Gasteiger charge is -2.32. The maximum atomic E-state index is 14.1. The maximum Gasteiger partial charge on any atom is 0.133 e. The van der Waals surface area contributed by atoms with Crippen LogP contribution >= 0.6 is 0 Å². The Bertz CT molecular complexity index is 1020. The van der Waals surface area contributed by atoms with E-state index < -0.39 is 11.4 Å². The molecule has 1 saturated carbocycles. The van der Waals surface area contributed by atoms with E-state index in [-0.39, 0.29) is 19.0 Å². The van der Waals surface area contributed by atoms with Crippen molar-refractivity contribution in [3.63, 3.8) is 0 Å². The fourth-order valence-electron chi connectivity index (χ4n) is 3.64. The monoisotopic (exact) mass is 426 g/mol. The van der Waals surface area contributed by atoms with Gasteiger partial charge >= 0.3 is 0 Å². The Morgan fingerprint density at radius 3 is 2.26 bits per heavy atom. The van der Waals surface area contributed by atoms with E-state index in [1.54, 1.807) is 6.07 Å². The predicted octanol–water partition coefficient (Wildman–Crippen LogP) is 3.86. The van der Waals surface area contributed by atoms with Gasteiger partial charge in [-0.1, -0.05) is 36.4 Å². The van der Waals surface area contributed by atoms with Crippen molar-refractivity contribution < 1.29 is 29.2 Å². The van der Waals surface area contributed by atoms with Crippen LogP contribution in [0.4, 0.5) is 4.39 Å². The van der Waals surface area contributed by atoms with Gasteiger partial charge in [0.05, 0.1) is 18.8 Å². The minimum Gasteiger partial charge on any atom is -0.489 e. The Balaban J connectivity index is 0.000000628. The number of fused-ring (bicyclic) bond motifs is 1. The quantitative estimate of drug-likeness (QED) is 0.577. The molecule has 3 aromatic rings. The lowest BCUT2D eigenvalue weighted by atomic mass is 9.79. The van der Waals surface area contributed by atoms with Gasteiger partial charge in [-0.2, -0.15) is 0 Å². The molecule has 0 atom stereocenters. The topological polar surface area (TPSA) is 87.0 Å². The minimum atomic E-state index is -1.17. The molecule has 1 aliphatic rings. The number of aliphatic hydroxyl groups is 3. The molecule has 3 aromatic carbocycles. The van der Waals surface area contributed by atoms with Crippen molar-refractivity contribution >= 4 is 16.6 Å². The fraction of sp³-hybridized carbons (Fsp3) is 0.320. The summed E-state index contributed by atoms with van der Waals surface area (Å²) in [5, 5.41) is 28.4. The third kappa shape index (κ3) is 6.10. The molecule has 0 spiro atoms. The summed E-state index contributed by atoms with van der Waals surface area (Å²) in [5.74, 6) is 0.0682. The van der Waals surface area contributed by atoms with Gasteiger partial charge in [-0.05, 0) is 52.9 Å². The zero-order valence-electron chi connectivity index (χ0n) is 17.3. The highest BCUT2D eigenvalue weighted by atomic mass is 19.1. The first-order valence-corrected chi connectivity index (χ1v) is 10.3. The Kier molecular flexibility index (Phi) is 7.74. The van der Waals surface area contributed by atoms with Gasteiger partial charge in [0.2, 0.25) is 0 Å². The number of rotatable bonds is 5. The molecule has 0 unspecified atom stereocenters. The summed E-state index contributed by atoms with van der Waals surface area (Å²) in [4.78, 5) is 11.5. The van der Waals surface area contributed by atoms with Crippen LogP contribution in [0.1, 0.15) is 36.8 Å². The maximum absolute atomic E-state index is 14.1. The smallest absolute Gasteiger partial charge is 0.133 e. The van der Waals surface area contributed by atoms with E-state index in [1.165, 1.54) is 12.1 Å². The van der Waals surface area contributed by atoms with E-state index in [2.05, 4.69) is 12.1 Å². The first-order valence-electron chi connectivity index (χ1n) is 10.3. The average molecular weight is 426 g/mol. The molecule has 0 aromatic heterocycles. The number of aliphatic hydroxyl groups excluding tert-OH is 2. The van der Waals surface area contributed by atoms with E-state index in [1.807, 2.05) is 30.3 Å². The SMILES string of the molecule is O=C1CCC(O)(c2cc(F)cc(OCc3ccc4ccccc4c3)c2)CC1.OCCO. The molecule has 31 heavy (non-hydrogen) atoms. The number of halogens is 1. The molecule has 0 bridgehead atoms. The number of ether oxygens (including phenoxy) is 1. The molecule has 164 valence electrons. The van der Waals surface area contributed by atoms with Crippen molar-refractivity contribution in [1.29, 1.82) is 0 Å². The van der Waals surface area contributed by atoms with Crippen LogP contribution in [0.3, 0.4) is 0 Å². The number of carbonyl (C=O) groups is 1. The summed E-state index contributed by atoms with van der Waals surface area (Å²) in [6, 6.07) is 18.5. The van der Waals surface area contributed by atoms with Gasteiger partial charge in [0.25, 0.3) is 0 Å². The fourth-order valence-corrected chi connectivity index (χ4v) is 3.64. The van der Waals surface area contributed by atoms with Crippen LogP contribution in [0, 0.1) is 5.82 Å². The second-order valence-electron chi connectivity index (χ2n) is 7.66. The van der Waals surface area contributed by atoms with Crippen LogP contribution < -0.4 is 4.74 Å². The van der Waals surface area contributed by atoms with Crippen molar-refractivity contribution in [2.45, 2.75) is 37.9 Å². The summed E-state index contributed by atoms with van der Waals surface area (Å²) in [6.45, 7) is 0.0602. The van der Waals surface area contributed by atoms with Gasteiger partial charge in [-0.15, -0.1) is 0 Å². The molecule has 0 radical (unpaired) electrons. The highest BCUT2D eigenvalue weighted by Crippen LogP contribution is 2.37. The first kappa shape index (κ1) is 22.9. The number of hydrogen-bond acceptors (Lipinski definition) is 5. The van der Waals surface area contributed by atoms with Crippen LogP contribution in [0.5, 0.6) is 5.75 Å². The van der Waals surface area contributed by atoms with Gasteiger partial charge in [0.1, 0.15) is 24.0 Å². The van der Waals surface area contributed by atoms with E-state index in [0.29, 0.717) is 43.6 Å². The van der Waals surface area contributed by atoms with Gasteiger partial charge < -0.3 is 20.1 Å². The average Bonchev–Trinajstić information content (AvgIpc) is 2.79. The number of carbonyl (C=O) groups excluding carboxylic acids is 1. The van der Waals surface area contributed by atoms with Crippen LogP contribution in [0.15, 0.2) is 60.7 Å². The Morgan fingerprint density at radius 2 is 1.58 bits per heavy atom. The molecule has 0 saturated heterocycles.